The molecule has 1 aromatic carbocycles. The van der Waals surface area contributed by atoms with Gasteiger partial charge in [-0.25, -0.2) is 0 Å². The molecular weight excluding hydrogens is 364 g/mol. The second-order valence-electron chi connectivity index (χ2n) is 5.77. The zero-order valence-electron chi connectivity index (χ0n) is 16.9. The molecule has 0 radical (unpaired) electrons. The zero-order valence-corrected chi connectivity index (χ0v) is 16.9. The number of rotatable bonds is 14. The van der Waals surface area contributed by atoms with Crippen LogP contribution in [0.25, 0.3) is 0 Å². The highest BCUT2D eigenvalue weighted by Crippen LogP contribution is 2.25. The Balaban J connectivity index is 2.44. The number of ether oxygens (including phenoxy) is 5. The number of hydrogen-bond donors (Lipinski definition) is 0. The van der Waals surface area contributed by atoms with Gasteiger partial charge in [-0.1, -0.05) is 6.08 Å². The van der Waals surface area contributed by atoms with Crippen LogP contribution >= 0.6 is 0 Å². The fraction of sp³-hybridized carbons (Fsp3) is 0.524. The summed E-state index contributed by atoms with van der Waals surface area (Å²) in [5.74, 6) is -0.660. The molecule has 28 heavy (non-hydrogen) atoms. The summed E-state index contributed by atoms with van der Waals surface area (Å²) in [6, 6.07) is 5.57. The van der Waals surface area contributed by atoms with Crippen molar-refractivity contribution in [2.75, 3.05) is 40.1 Å². The number of esters is 2. The number of benzene rings is 1. The molecule has 1 rings (SSSR count). The van der Waals surface area contributed by atoms with E-state index in [1.54, 1.807) is 27.0 Å². The van der Waals surface area contributed by atoms with E-state index in [-0.39, 0.29) is 26.2 Å². The van der Waals surface area contributed by atoms with Gasteiger partial charge in [0.05, 0.1) is 26.9 Å². The molecule has 0 atom stereocenters. The van der Waals surface area contributed by atoms with Crippen molar-refractivity contribution >= 4 is 11.9 Å². The van der Waals surface area contributed by atoms with Crippen LogP contribution in [-0.4, -0.2) is 52.1 Å². The van der Waals surface area contributed by atoms with Crippen molar-refractivity contribution in [2.24, 2.45) is 5.92 Å². The lowest BCUT2D eigenvalue weighted by Crippen LogP contribution is -2.29. The number of allylic oxidation sites excluding steroid dienone is 1. The minimum absolute atomic E-state index is 0.196. The summed E-state index contributed by atoms with van der Waals surface area (Å²) < 4.78 is 26.3. The lowest BCUT2D eigenvalue weighted by atomic mass is 10.1. The molecule has 7 heteroatoms. The Hall–Kier alpha value is -2.54. The summed E-state index contributed by atoms with van der Waals surface area (Å²) in [7, 11) is 1.61. The summed E-state index contributed by atoms with van der Waals surface area (Å²) in [6.45, 7) is 8.40. The summed E-state index contributed by atoms with van der Waals surface area (Å²) in [5, 5.41) is 0. The van der Waals surface area contributed by atoms with Gasteiger partial charge < -0.3 is 23.7 Å². The average Bonchev–Trinajstić information content (AvgIpc) is 2.68. The van der Waals surface area contributed by atoms with Crippen LogP contribution in [0.3, 0.4) is 0 Å². The van der Waals surface area contributed by atoms with Crippen molar-refractivity contribution in [3.8, 4) is 11.5 Å². The minimum Gasteiger partial charge on any atom is -0.497 e. The highest BCUT2D eigenvalue weighted by atomic mass is 16.6. The van der Waals surface area contributed by atoms with E-state index in [1.165, 1.54) is 0 Å². The van der Waals surface area contributed by atoms with Crippen molar-refractivity contribution in [3.63, 3.8) is 0 Å². The van der Waals surface area contributed by atoms with Gasteiger partial charge in [0.15, 0.2) is 5.92 Å². The van der Waals surface area contributed by atoms with Crippen molar-refractivity contribution in [2.45, 2.75) is 26.7 Å². The Bertz CT molecular complexity index is 609. The minimum atomic E-state index is -0.971. The highest BCUT2D eigenvalue weighted by Gasteiger charge is 2.29. The fourth-order valence-electron chi connectivity index (χ4n) is 2.47. The third-order valence-electron chi connectivity index (χ3n) is 3.81. The topological polar surface area (TPSA) is 80.3 Å². The summed E-state index contributed by atoms with van der Waals surface area (Å²) in [4.78, 5) is 23.8. The van der Waals surface area contributed by atoms with Gasteiger partial charge in [-0.2, -0.15) is 0 Å². The molecule has 0 N–H and O–H groups in total. The van der Waals surface area contributed by atoms with Gasteiger partial charge in [0.2, 0.25) is 0 Å². The zero-order chi connectivity index (χ0) is 20.8. The van der Waals surface area contributed by atoms with Gasteiger partial charge in [0, 0.05) is 12.2 Å². The SMILES string of the molecule is C=CCc1cc(OC)ccc1OCCOCCC(C(=O)OCC)C(=O)OCC. The van der Waals surface area contributed by atoms with E-state index in [2.05, 4.69) is 6.58 Å². The Morgan fingerprint density at radius 1 is 1.07 bits per heavy atom. The van der Waals surface area contributed by atoms with E-state index in [4.69, 9.17) is 23.7 Å². The molecule has 0 heterocycles. The second-order valence-corrected chi connectivity index (χ2v) is 5.77. The Morgan fingerprint density at radius 3 is 2.32 bits per heavy atom. The largest absolute Gasteiger partial charge is 0.497 e. The number of hydrogen-bond acceptors (Lipinski definition) is 7. The van der Waals surface area contributed by atoms with Gasteiger partial charge in [0.1, 0.15) is 18.1 Å². The molecule has 0 bridgehead atoms. The lowest BCUT2D eigenvalue weighted by molar-refractivity contribution is -0.162. The number of carbonyl (C=O) groups excluding carboxylic acids is 2. The Kier molecular flexibility index (Phi) is 11.4. The Morgan fingerprint density at radius 2 is 1.75 bits per heavy atom. The van der Waals surface area contributed by atoms with E-state index in [1.807, 2.05) is 18.2 Å². The molecule has 0 unspecified atom stereocenters. The predicted molar refractivity (Wildman–Crippen MR) is 105 cm³/mol. The normalized spacial score (nSPS) is 10.4. The predicted octanol–water partition coefficient (Wildman–Crippen LogP) is 2.95. The average molecular weight is 394 g/mol. The summed E-state index contributed by atoms with van der Waals surface area (Å²) in [5.41, 5.74) is 0.971. The number of methoxy groups -OCH3 is 1. The molecule has 1 aromatic rings. The third-order valence-corrected chi connectivity index (χ3v) is 3.81. The molecule has 7 nitrogen and oxygen atoms in total. The fourth-order valence-corrected chi connectivity index (χ4v) is 2.47. The van der Waals surface area contributed by atoms with Crippen molar-refractivity contribution in [1.29, 1.82) is 0 Å². The standard InChI is InChI=1S/C21H30O7/c1-5-8-16-15-17(24-4)9-10-19(16)28-14-13-25-12-11-18(20(22)26-6-2)21(23)27-7-3/h5,9-10,15,18H,1,6-8,11-14H2,2-4H3. The quantitative estimate of drug-likeness (QED) is 0.208. The smallest absolute Gasteiger partial charge is 0.320 e. The first-order valence-electron chi connectivity index (χ1n) is 9.38. The molecule has 0 fully saturated rings. The third kappa shape index (κ3) is 8.00. The van der Waals surface area contributed by atoms with Crippen LogP contribution in [-0.2, 0) is 30.2 Å². The van der Waals surface area contributed by atoms with E-state index in [9.17, 15) is 9.59 Å². The maximum absolute atomic E-state index is 11.9. The van der Waals surface area contributed by atoms with Gasteiger partial charge in [-0.05, 0) is 44.9 Å². The van der Waals surface area contributed by atoms with Crippen LogP contribution in [0, 0.1) is 5.92 Å². The molecule has 0 saturated heterocycles. The van der Waals surface area contributed by atoms with Crippen LogP contribution in [0.1, 0.15) is 25.8 Å². The van der Waals surface area contributed by atoms with Crippen LogP contribution < -0.4 is 9.47 Å². The van der Waals surface area contributed by atoms with Gasteiger partial charge in [-0.3, -0.25) is 9.59 Å². The first-order chi connectivity index (χ1) is 13.6. The monoisotopic (exact) mass is 394 g/mol. The number of carbonyl (C=O) groups is 2. The molecule has 156 valence electrons. The van der Waals surface area contributed by atoms with Crippen LogP contribution in [0.4, 0.5) is 0 Å². The van der Waals surface area contributed by atoms with Crippen molar-refractivity contribution in [3.05, 3.63) is 36.4 Å². The lowest BCUT2D eigenvalue weighted by Gasteiger charge is -2.15. The van der Waals surface area contributed by atoms with Gasteiger partial charge in [-0.15, -0.1) is 6.58 Å². The van der Waals surface area contributed by atoms with E-state index < -0.39 is 17.9 Å². The first kappa shape index (κ1) is 23.5. The molecule has 0 aliphatic carbocycles. The summed E-state index contributed by atoms with van der Waals surface area (Å²) in [6.07, 6.45) is 2.65. The first-order valence-corrected chi connectivity index (χ1v) is 9.38. The maximum atomic E-state index is 11.9. The maximum Gasteiger partial charge on any atom is 0.320 e. The van der Waals surface area contributed by atoms with Crippen LogP contribution in [0.15, 0.2) is 30.9 Å². The van der Waals surface area contributed by atoms with Crippen LogP contribution in [0.5, 0.6) is 11.5 Å². The van der Waals surface area contributed by atoms with E-state index in [0.717, 1.165) is 17.1 Å². The molecule has 0 aromatic heterocycles. The molecule has 0 saturated carbocycles. The molecule has 0 amide bonds. The molecule has 0 aliphatic heterocycles. The molecular formula is C21H30O7. The van der Waals surface area contributed by atoms with Gasteiger partial charge in [0.25, 0.3) is 0 Å². The van der Waals surface area contributed by atoms with E-state index in [0.29, 0.717) is 19.6 Å². The summed E-state index contributed by atoms with van der Waals surface area (Å²) >= 11 is 0. The van der Waals surface area contributed by atoms with Gasteiger partial charge >= 0.3 is 11.9 Å². The van der Waals surface area contributed by atoms with E-state index >= 15 is 0 Å². The van der Waals surface area contributed by atoms with Crippen molar-refractivity contribution < 1.29 is 33.3 Å². The van der Waals surface area contributed by atoms with Crippen molar-refractivity contribution in [1.82, 2.24) is 0 Å². The highest BCUT2D eigenvalue weighted by molar-refractivity contribution is 5.94. The Labute approximate surface area is 166 Å². The molecule has 0 aliphatic rings. The van der Waals surface area contributed by atoms with Crippen LogP contribution in [0.2, 0.25) is 0 Å². The second kappa shape index (κ2) is 13.6. The molecule has 0 spiro atoms.